The maximum absolute atomic E-state index is 12.3. The lowest BCUT2D eigenvalue weighted by molar-refractivity contribution is 0.102. The summed E-state index contributed by atoms with van der Waals surface area (Å²) in [6.07, 6.45) is 0. The molecule has 3 N–H and O–H groups in total. The molecule has 0 fully saturated rings. The summed E-state index contributed by atoms with van der Waals surface area (Å²) in [5.41, 5.74) is 2.15. The lowest BCUT2D eigenvalue weighted by atomic mass is 10.2. The highest BCUT2D eigenvalue weighted by molar-refractivity contribution is 9.10. The van der Waals surface area contributed by atoms with Gasteiger partial charge in [-0.05, 0) is 59.3 Å². The number of rotatable bonds is 4. The number of nitrogens with one attached hydrogen (secondary N) is 3. The second-order valence-corrected chi connectivity index (χ2v) is 5.73. The molecule has 0 radical (unpaired) electrons. The molecule has 23 heavy (non-hydrogen) atoms. The van der Waals surface area contributed by atoms with E-state index in [0.29, 0.717) is 34.6 Å². The fourth-order valence-corrected chi connectivity index (χ4v) is 2.72. The van der Waals surface area contributed by atoms with Gasteiger partial charge in [0.15, 0.2) is 0 Å². The third-order valence-corrected chi connectivity index (χ3v) is 3.89. The zero-order valence-corrected chi connectivity index (χ0v) is 13.9. The normalized spacial score (nSPS) is 10.7. The van der Waals surface area contributed by atoms with Crippen LogP contribution in [0.25, 0.3) is 11.0 Å². The van der Waals surface area contributed by atoms with Gasteiger partial charge in [0.1, 0.15) is 5.75 Å². The molecule has 0 saturated heterocycles. The molecule has 3 aromatic rings. The van der Waals surface area contributed by atoms with Crippen LogP contribution in [0.2, 0.25) is 0 Å². The van der Waals surface area contributed by atoms with Gasteiger partial charge >= 0.3 is 5.69 Å². The standard InChI is InChI=1S/C16H14BrN3O3/c1-2-23-14-6-3-9(7-11(14)17)15(21)18-10-4-5-12-13(8-10)20-16(22)19-12/h3-8H,2H2,1H3,(H,18,21)(H2,19,20,22). The Morgan fingerprint density at radius 3 is 2.70 bits per heavy atom. The molecule has 3 rings (SSSR count). The van der Waals surface area contributed by atoms with Gasteiger partial charge in [-0.2, -0.15) is 0 Å². The minimum atomic E-state index is -0.279. The first-order chi connectivity index (χ1) is 11.1. The number of halogens is 1. The highest BCUT2D eigenvalue weighted by Crippen LogP contribution is 2.26. The fraction of sp³-hybridized carbons (Fsp3) is 0.125. The van der Waals surface area contributed by atoms with Crippen molar-refractivity contribution < 1.29 is 9.53 Å². The SMILES string of the molecule is CCOc1ccc(C(=O)Nc2ccc3[nH]c(=O)[nH]c3c2)cc1Br. The lowest BCUT2D eigenvalue weighted by Gasteiger charge is -2.09. The molecule has 0 unspecified atom stereocenters. The number of fused-ring (bicyclic) bond motifs is 1. The summed E-state index contributed by atoms with van der Waals surface area (Å²) in [5.74, 6) is 0.446. The van der Waals surface area contributed by atoms with E-state index in [1.165, 1.54) is 0 Å². The summed E-state index contributed by atoms with van der Waals surface area (Å²) in [7, 11) is 0. The van der Waals surface area contributed by atoms with Crippen LogP contribution >= 0.6 is 15.9 Å². The predicted molar refractivity (Wildman–Crippen MR) is 92.2 cm³/mol. The first-order valence-electron chi connectivity index (χ1n) is 7.02. The molecule has 0 aliphatic heterocycles. The van der Waals surface area contributed by atoms with E-state index in [2.05, 4.69) is 31.2 Å². The van der Waals surface area contributed by atoms with E-state index in [1.54, 1.807) is 36.4 Å². The minimum Gasteiger partial charge on any atom is -0.493 e. The molecule has 1 amide bonds. The Labute approximate surface area is 140 Å². The van der Waals surface area contributed by atoms with Crippen molar-refractivity contribution in [3.05, 3.63) is 56.9 Å². The first kappa shape index (κ1) is 15.4. The molecule has 118 valence electrons. The summed E-state index contributed by atoms with van der Waals surface area (Å²) < 4.78 is 6.14. The number of ether oxygens (including phenoxy) is 1. The predicted octanol–water partition coefficient (Wildman–Crippen LogP) is 3.27. The average Bonchev–Trinajstić information content (AvgIpc) is 2.88. The Hall–Kier alpha value is -2.54. The second kappa shape index (κ2) is 6.29. The van der Waals surface area contributed by atoms with Gasteiger partial charge in [-0.3, -0.25) is 4.79 Å². The van der Waals surface area contributed by atoms with Crippen molar-refractivity contribution in [3.8, 4) is 5.75 Å². The Kier molecular flexibility index (Phi) is 4.20. The van der Waals surface area contributed by atoms with E-state index in [-0.39, 0.29) is 11.6 Å². The van der Waals surface area contributed by atoms with Crippen molar-refractivity contribution in [2.75, 3.05) is 11.9 Å². The summed E-state index contributed by atoms with van der Waals surface area (Å²) >= 11 is 3.39. The molecule has 1 aromatic heterocycles. The summed E-state index contributed by atoms with van der Waals surface area (Å²) in [6.45, 7) is 2.45. The quantitative estimate of drug-likeness (QED) is 0.653. The lowest BCUT2D eigenvalue weighted by Crippen LogP contribution is -2.12. The molecular formula is C16H14BrN3O3. The van der Waals surface area contributed by atoms with Crippen molar-refractivity contribution in [2.24, 2.45) is 0 Å². The van der Waals surface area contributed by atoms with E-state index in [4.69, 9.17) is 4.74 Å². The number of amides is 1. The van der Waals surface area contributed by atoms with Crippen LogP contribution in [-0.4, -0.2) is 22.5 Å². The van der Waals surface area contributed by atoms with Gasteiger partial charge in [0.05, 0.1) is 22.1 Å². The average molecular weight is 376 g/mol. The minimum absolute atomic E-state index is 0.244. The number of H-pyrrole nitrogens is 2. The smallest absolute Gasteiger partial charge is 0.323 e. The van der Waals surface area contributed by atoms with Gasteiger partial charge in [0.2, 0.25) is 0 Å². The first-order valence-corrected chi connectivity index (χ1v) is 7.82. The monoisotopic (exact) mass is 375 g/mol. The van der Waals surface area contributed by atoms with Crippen LogP contribution in [0.4, 0.5) is 5.69 Å². The van der Waals surface area contributed by atoms with Gasteiger partial charge in [0, 0.05) is 11.3 Å². The van der Waals surface area contributed by atoms with Crippen molar-refractivity contribution >= 4 is 38.6 Å². The summed E-state index contributed by atoms with van der Waals surface area (Å²) in [6, 6.07) is 10.3. The fourth-order valence-electron chi connectivity index (χ4n) is 2.23. The number of anilines is 1. The molecule has 0 atom stereocenters. The van der Waals surface area contributed by atoms with Crippen LogP contribution in [0.5, 0.6) is 5.75 Å². The summed E-state index contributed by atoms with van der Waals surface area (Å²) in [4.78, 5) is 28.9. The number of carbonyl (C=O) groups excluding carboxylic acids is 1. The van der Waals surface area contributed by atoms with Crippen LogP contribution in [0.3, 0.4) is 0 Å². The van der Waals surface area contributed by atoms with E-state index >= 15 is 0 Å². The van der Waals surface area contributed by atoms with E-state index in [0.717, 1.165) is 4.47 Å². The van der Waals surface area contributed by atoms with Gasteiger partial charge in [-0.15, -0.1) is 0 Å². The Morgan fingerprint density at radius 2 is 1.96 bits per heavy atom. The number of aromatic nitrogens is 2. The molecule has 6 nitrogen and oxygen atoms in total. The van der Waals surface area contributed by atoms with Gasteiger partial charge in [-0.1, -0.05) is 0 Å². The Bertz CT molecular complexity index is 930. The Morgan fingerprint density at radius 1 is 1.17 bits per heavy atom. The highest BCUT2D eigenvalue weighted by atomic mass is 79.9. The van der Waals surface area contributed by atoms with Crippen molar-refractivity contribution in [2.45, 2.75) is 6.92 Å². The van der Waals surface area contributed by atoms with Crippen LogP contribution in [0.1, 0.15) is 17.3 Å². The number of benzene rings is 2. The van der Waals surface area contributed by atoms with Gasteiger partial charge in [-0.25, -0.2) is 4.79 Å². The molecule has 0 aliphatic rings. The van der Waals surface area contributed by atoms with Gasteiger partial charge < -0.3 is 20.0 Å². The number of carbonyl (C=O) groups is 1. The maximum atomic E-state index is 12.3. The zero-order valence-electron chi connectivity index (χ0n) is 12.3. The number of imidazole rings is 1. The van der Waals surface area contributed by atoms with Crippen molar-refractivity contribution in [1.82, 2.24) is 9.97 Å². The van der Waals surface area contributed by atoms with Crippen LogP contribution in [-0.2, 0) is 0 Å². The second-order valence-electron chi connectivity index (χ2n) is 4.87. The van der Waals surface area contributed by atoms with Crippen molar-refractivity contribution in [3.63, 3.8) is 0 Å². The molecular weight excluding hydrogens is 362 g/mol. The van der Waals surface area contributed by atoms with Crippen LogP contribution < -0.4 is 15.7 Å². The number of hydrogen-bond donors (Lipinski definition) is 3. The third-order valence-electron chi connectivity index (χ3n) is 3.27. The van der Waals surface area contributed by atoms with Gasteiger partial charge in [0.25, 0.3) is 5.91 Å². The molecule has 2 aromatic carbocycles. The van der Waals surface area contributed by atoms with E-state index in [9.17, 15) is 9.59 Å². The third kappa shape index (κ3) is 3.29. The highest BCUT2D eigenvalue weighted by Gasteiger charge is 2.10. The molecule has 0 saturated carbocycles. The molecule has 0 bridgehead atoms. The van der Waals surface area contributed by atoms with Crippen LogP contribution in [0.15, 0.2) is 45.7 Å². The number of aromatic amines is 2. The topological polar surface area (TPSA) is 87.0 Å². The van der Waals surface area contributed by atoms with Crippen LogP contribution in [0, 0.1) is 0 Å². The molecule has 0 aliphatic carbocycles. The molecule has 0 spiro atoms. The molecule has 1 heterocycles. The maximum Gasteiger partial charge on any atom is 0.323 e. The largest absolute Gasteiger partial charge is 0.493 e. The van der Waals surface area contributed by atoms with Crippen molar-refractivity contribution in [1.29, 1.82) is 0 Å². The Balaban J connectivity index is 1.82. The number of hydrogen-bond acceptors (Lipinski definition) is 3. The van der Waals surface area contributed by atoms with E-state index < -0.39 is 0 Å². The summed E-state index contributed by atoms with van der Waals surface area (Å²) in [5, 5.41) is 2.80. The zero-order chi connectivity index (χ0) is 16.4. The molecule has 7 heteroatoms. The van der Waals surface area contributed by atoms with E-state index in [1.807, 2.05) is 6.92 Å².